The molecular weight excluding hydrogens is 304 g/mol. The number of carbonyl (C=O) groups excluding carboxylic acids is 1. The minimum absolute atomic E-state index is 0.0828. The van der Waals surface area contributed by atoms with E-state index in [0.29, 0.717) is 10.7 Å². The van der Waals surface area contributed by atoms with Crippen molar-refractivity contribution in [1.29, 1.82) is 0 Å². The van der Waals surface area contributed by atoms with Crippen LogP contribution in [0, 0.1) is 0 Å². The molecule has 0 amide bonds. The molecule has 0 atom stereocenters. The third-order valence-corrected chi connectivity index (χ3v) is 3.92. The molecule has 0 spiro atoms. The summed E-state index contributed by atoms with van der Waals surface area (Å²) in [5.41, 5.74) is 0.316. The fraction of sp³-hybridized carbons (Fsp3) is 0.214. The van der Waals surface area contributed by atoms with Gasteiger partial charge in [0.1, 0.15) is 17.3 Å². The van der Waals surface area contributed by atoms with Crippen molar-refractivity contribution >= 4 is 22.3 Å². The highest BCUT2D eigenvalue weighted by atomic mass is 32.1. The zero-order chi connectivity index (χ0) is 15.5. The molecule has 0 aromatic carbocycles. The van der Waals surface area contributed by atoms with Crippen LogP contribution in [0.3, 0.4) is 0 Å². The maximum atomic E-state index is 12.0. The van der Waals surface area contributed by atoms with Crippen molar-refractivity contribution in [2.75, 3.05) is 0 Å². The van der Waals surface area contributed by atoms with Crippen molar-refractivity contribution in [3.8, 4) is 0 Å². The molecule has 3 rings (SSSR count). The molecule has 3 aromatic rings. The van der Waals surface area contributed by atoms with Crippen molar-refractivity contribution < 1.29 is 9.53 Å². The van der Waals surface area contributed by atoms with Crippen LogP contribution in [0.5, 0.6) is 0 Å². The van der Waals surface area contributed by atoms with Gasteiger partial charge in [0.05, 0.1) is 5.69 Å². The highest BCUT2D eigenvalue weighted by Crippen LogP contribution is 2.12. The smallest absolute Gasteiger partial charge is 0.357 e. The van der Waals surface area contributed by atoms with Gasteiger partial charge >= 0.3 is 5.97 Å². The Hall–Kier alpha value is -2.61. The maximum Gasteiger partial charge on any atom is 0.357 e. The van der Waals surface area contributed by atoms with Crippen LogP contribution in [-0.4, -0.2) is 25.6 Å². The van der Waals surface area contributed by atoms with Gasteiger partial charge in [0.15, 0.2) is 0 Å². The van der Waals surface area contributed by atoms with Crippen molar-refractivity contribution in [2.24, 2.45) is 0 Å². The van der Waals surface area contributed by atoms with Gasteiger partial charge in [-0.25, -0.2) is 14.8 Å². The number of hydrogen-bond acceptors (Lipinski definition) is 7. The Morgan fingerprint density at radius 2 is 2.27 bits per heavy atom. The van der Waals surface area contributed by atoms with Crippen LogP contribution in [0.15, 0.2) is 35.3 Å². The van der Waals surface area contributed by atoms with Gasteiger partial charge in [0.2, 0.25) is 4.96 Å². The van der Waals surface area contributed by atoms with E-state index < -0.39 is 5.97 Å². The predicted octanol–water partition coefficient (Wildman–Crippen LogP) is 1.47. The van der Waals surface area contributed by atoms with Crippen LogP contribution in [0.25, 0.3) is 4.96 Å². The Bertz CT molecular complexity index is 873. The molecule has 0 bridgehead atoms. The minimum Gasteiger partial charge on any atom is -0.454 e. The molecule has 0 unspecified atom stereocenters. The molecule has 0 aliphatic carbocycles. The molecule has 7 nitrogen and oxygen atoms in total. The molecule has 8 heteroatoms. The Labute approximate surface area is 129 Å². The zero-order valence-corrected chi connectivity index (χ0v) is 12.5. The summed E-state index contributed by atoms with van der Waals surface area (Å²) in [4.78, 5) is 32.5. The van der Waals surface area contributed by atoms with E-state index in [1.54, 1.807) is 18.2 Å². The molecule has 0 saturated carbocycles. The average Bonchev–Trinajstić information content (AvgIpc) is 2.97. The fourth-order valence-electron chi connectivity index (χ4n) is 1.81. The van der Waals surface area contributed by atoms with Gasteiger partial charge in [-0.3, -0.25) is 4.79 Å². The van der Waals surface area contributed by atoms with E-state index in [9.17, 15) is 9.59 Å². The number of fused-ring (bicyclic) bond motifs is 1. The van der Waals surface area contributed by atoms with Gasteiger partial charge in [0.25, 0.3) is 5.56 Å². The summed E-state index contributed by atoms with van der Waals surface area (Å²) in [6.07, 6.45) is 2.24. The molecule has 0 aliphatic heterocycles. The summed E-state index contributed by atoms with van der Waals surface area (Å²) < 4.78 is 6.38. The Kier molecular flexibility index (Phi) is 3.92. The first-order chi connectivity index (χ1) is 10.7. The van der Waals surface area contributed by atoms with E-state index in [2.05, 4.69) is 15.1 Å². The lowest BCUT2D eigenvalue weighted by Crippen LogP contribution is -2.16. The first-order valence-corrected chi connectivity index (χ1v) is 7.46. The second-order valence-corrected chi connectivity index (χ2v) is 5.46. The number of ether oxygens (including phenoxy) is 1. The van der Waals surface area contributed by atoms with E-state index in [4.69, 9.17) is 4.74 Å². The average molecular weight is 316 g/mol. The number of rotatable bonds is 4. The zero-order valence-electron chi connectivity index (χ0n) is 11.7. The highest BCUT2D eigenvalue weighted by Gasteiger charge is 2.11. The van der Waals surface area contributed by atoms with Crippen molar-refractivity contribution in [3.05, 3.63) is 57.2 Å². The predicted molar refractivity (Wildman–Crippen MR) is 79.9 cm³/mol. The quantitative estimate of drug-likeness (QED) is 0.677. The van der Waals surface area contributed by atoms with Crippen LogP contribution >= 0.6 is 11.3 Å². The summed E-state index contributed by atoms with van der Waals surface area (Å²) in [6, 6.07) is 6.29. The normalized spacial score (nSPS) is 10.8. The largest absolute Gasteiger partial charge is 0.454 e. The number of esters is 1. The standard InChI is InChI=1S/C14H12N4O3S/c1-2-11-17-18-12(19)7-9(16-14(18)22-11)8-21-13(20)10-5-3-4-6-15-10/h3-7H,2,8H2,1H3. The third kappa shape index (κ3) is 2.86. The topological polar surface area (TPSA) is 86.5 Å². The van der Waals surface area contributed by atoms with E-state index >= 15 is 0 Å². The van der Waals surface area contributed by atoms with Gasteiger partial charge in [-0.05, 0) is 18.6 Å². The maximum absolute atomic E-state index is 12.0. The monoisotopic (exact) mass is 316 g/mol. The number of pyridine rings is 1. The summed E-state index contributed by atoms with van der Waals surface area (Å²) in [6.45, 7) is 1.87. The van der Waals surface area contributed by atoms with Crippen LogP contribution in [0.4, 0.5) is 0 Å². The number of carbonyl (C=O) groups is 1. The van der Waals surface area contributed by atoms with Crippen molar-refractivity contribution in [1.82, 2.24) is 19.6 Å². The molecule has 0 radical (unpaired) electrons. The first kappa shape index (κ1) is 14.3. The highest BCUT2D eigenvalue weighted by molar-refractivity contribution is 7.16. The Morgan fingerprint density at radius 3 is 3.00 bits per heavy atom. The van der Waals surface area contributed by atoms with E-state index in [-0.39, 0.29) is 17.9 Å². The number of nitrogens with zero attached hydrogens (tertiary/aromatic N) is 4. The van der Waals surface area contributed by atoms with Crippen LogP contribution in [0.1, 0.15) is 28.1 Å². The van der Waals surface area contributed by atoms with Crippen LogP contribution in [0.2, 0.25) is 0 Å². The van der Waals surface area contributed by atoms with Gasteiger partial charge in [0, 0.05) is 12.3 Å². The summed E-state index contributed by atoms with van der Waals surface area (Å²) in [7, 11) is 0. The number of aryl methyl sites for hydroxylation is 1. The first-order valence-electron chi connectivity index (χ1n) is 6.64. The summed E-state index contributed by atoms with van der Waals surface area (Å²) in [5, 5.41) is 4.98. The lowest BCUT2D eigenvalue weighted by molar-refractivity contribution is 0.0461. The number of aromatic nitrogens is 4. The molecule has 0 saturated heterocycles. The molecule has 0 fully saturated rings. The van der Waals surface area contributed by atoms with Crippen LogP contribution < -0.4 is 5.56 Å². The summed E-state index contributed by atoms with van der Waals surface area (Å²) >= 11 is 1.34. The molecule has 0 N–H and O–H groups in total. The molecule has 3 aromatic heterocycles. The van der Waals surface area contributed by atoms with Crippen molar-refractivity contribution in [3.63, 3.8) is 0 Å². The van der Waals surface area contributed by atoms with Crippen LogP contribution in [-0.2, 0) is 17.8 Å². The fourth-order valence-corrected chi connectivity index (χ4v) is 2.67. The second-order valence-electron chi connectivity index (χ2n) is 4.42. The molecule has 3 heterocycles. The van der Waals surface area contributed by atoms with E-state index in [0.717, 1.165) is 11.4 Å². The van der Waals surface area contributed by atoms with Gasteiger partial charge in [-0.15, -0.1) is 0 Å². The second kappa shape index (κ2) is 6.02. The SMILES string of the molecule is CCc1nn2c(=O)cc(COC(=O)c3ccccn3)nc2s1. The molecule has 0 aliphatic rings. The van der Waals surface area contributed by atoms with Crippen molar-refractivity contribution in [2.45, 2.75) is 20.0 Å². The van der Waals surface area contributed by atoms with E-state index in [1.807, 2.05) is 6.92 Å². The third-order valence-electron chi connectivity index (χ3n) is 2.87. The lowest BCUT2D eigenvalue weighted by Gasteiger charge is -2.03. The Morgan fingerprint density at radius 1 is 1.41 bits per heavy atom. The van der Waals surface area contributed by atoms with Gasteiger partial charge < -0.3 is 4.74 Å². The lowest BCUT2D eigenvalue weighted by atomic mass is 10.3. The molecule has 112 valence electrons. The molecule has 22 heavy (non-hydrogen) atoms. The minimum atomic E-state index is -0.554. The number of hydrogen-bond donors (Lipinski definition) is 0. The van der Waals surface area contributed by atoms with E-state index in [1.165, 1.54) is 28.1 Å². The Balaban J connectivity index is 1.79. The van der Waals surface area contributed by atoms with Gasteiger partial charge in [-0.2, -0.15) is 9.61 Å². The summed E-state index contributed by atoms with van der Waals surface area (Å²) in [5.74, 6) is -0.554. The molecular formula is C14H12N4O3S. The van der Waals surface area contributed by atoms with Gasteiger partial charge in [-0.1, -0.05) is 24.3 Å².